The lowest BCUT2D eigenvalue weighted by Gasteiger charge is -2.35. The summed E-state index contributed by atoms with van der Waals surface area (Å²) in [5.41, 5.74) is 2.40. The van der Waals surface area contributed by atoms with E-state index in [0.29, 0.717) is 43.5 Å². The second kappa shape index (κ2) is 9.08. The molecule has 1 aromatic rings. The molecule has 7 nitrogen and oxygen atoms in total. The molecule has 1 aliphatic heterocycles. The normalized spacial score (nSPS) is 14.1. The number of nitrogens with zero attached hydrogens (tertiary/aromatic N) is 3. The molecule has 1 fully saturated rings. The molecule has 8 heteroatoms. The van der Waals surface area contributed by atoms with Crippen molar-refractivity contribution in [2.75, 3.05) is 44.2 Å². The highest BCUT2D eigenvalue weighted by Crippen LogP contribution is 2.31. The van der Waals surface area contributed by atoms with E-state index in [1.165, 1.54) is 11.8 Å². The Morgan fingerprint density at radius 3 is 2.22 bits per heavy atom. The number of anilines is 1. The van der Waals surface area contributed by atoms with Gasteiger partial charge in [-0.25, -0.2) is 4.79 Å². The van der Waals surface area contributed by atoms with Gasteiger partial charge >= 0.3 is 6.09 Å². The first-order valence-corrected chi connectivity index (χ1v) is 9.36. The summed E-state index contributed by atoms with van der Waals surface area (Å²) in [7, 11) is 0. The highest BCUT2D eigenvalue weighted by Gasteiger charge is 2.28. The van der Waals surface area contributed by atoms with Crippen LogP contribution in [-0.2, 0) is 14.3 Å². The van der Waals surface area contributed by atoms with Gasteiger partial charge in [0.05, 0.1) is 17.3 Å². The molecule has 148 valence electrons. The summed E-state index contributed by atoms with van der Waals surface area (Å²) in [4.78, 5) is 41.3. The second-order valence-electron chi connectivity index (χ2n) is 6.58. The maximum absolute atomic E-state index is 12.7. The van der Waals surface area contributed by atoms with Gasteiger partial charge in [-0.05, 0) is 38.0 Å². The van der Waals surface area contributed by atoms with Crippen molar-refractivity contribution < 1.29 is 19.1 Å². The maximum atomic E-state index is 12.7. The Kier molecular flexibility index (Phi) is 7.07. The minimum atomic E-state index is -0.364. The predicted octanol–water partition coefficient (Wildman–Crippen LogP) is 2.61. The molecule has 27 heavy (non-hydrogen) atoms. The Hall–Kier alpha value is -2.28. The molecule has 1 aromatic carbocycles. The summed E-state index contributed by atoms with van der Waals surface area (Å²) in [5.74, 6) is -0.424. The van der Waals surface area contributed by atoms with Crippen LogP contribution in [0.5, 0.6) is 0 Å². The molecule has 0 atom stereocenters. The first-order chi connectivity index (χ1) is 12.7. The van der Waals surface area contributed by atoms with Gasteiger partial charge in [-0.1, -0.05) is 17.7 Å². The topological polar surface area (TPSA) is 70.2 Å². The monoisotopic (exact) mass is 395 g/mol. The van der Waals surface area contributed by atoms with E-state index >= 15 is 0 Å². The molecular formula is C19H26ClN3O4. The van der Waals surface area contributed by atoms with Crippen molar-refractivity contribution in [3.63, 3.8) is 0 Å². The zero-order chi connectivity index (χ0) is 20.1. The summed E-state index contributed by atoms with van der Waals surface area (Å²) < 4.78 is 4.98. The Balaban J connectivity index is 2.07. The van der Waals surface area contributed by atoms with Gasteiger partial charge in [-0.2, -0.15) is 0 Å². The molecule has 2 rings (SSSR count). The smallest absolute Gasteiger partial charge is 0.409 e. The third kappa shape index (κ3) is 5.13. The van der Waals surface area contributed by atoms with Gasteiger partial charge in [0.1, 0.15) is 6.54 Å². The molecule has 0 aromatic heterocycles. The molecule has 0 N–H and O–H groups in total. The Morgan fingerprint density at radius 2 is 1.70 bits per heavy atom. The first-order valence-electron chi connectivity index (χ1n) is 8.99. The van der Waals surface area contributed by atoms with E-state index < -0.39 is 0 Å². The summed E-state index contributed by atoms with van der Waals surface area (Å²) in [6, 6.07) is 3.71. The molecule has 1 aliphatic rings. The maximum Gasteiger partial charge on any atom is 0.409 e. The van der Waals surface area contributed by atoms with Crippen molar-refractivity contribution in [3.05, 3.63) is 28.3 Å². The number of carbonyl (C=O) groups excluding carboxylic acids is 3. The first kappa shape index (κ1) is 21.0. The number of carbonyl (C=O) groups is 3. The van der Waals surface area contributed by atoms with E-state index in [-0.39, 0.29) is 24.5 Å². The van der Waals surface area contributed by atoms with Crippen LogP contribution in [0.25, 0.3) is 0 Å². The van der Waals surface area contributed by atoms with E-state index in [1.807, 2.05) is 19.9 Å². The zero-order valence-corrected chi connectivity index (χ0v) is 17.0. The molecule has 0 bridgehead atoms. The SMILES string of the molecule is CCOC(=O)N1CCN(C(=O)CN(C(C)=O)c2c(C)cc(C)cc2Cl)CC1. The molecule has 0 aliphatic carbocycles. The fourth-order valence-corrected chi connectivity index (χ4v) is 3.61. The number of aryl methyl sites for hydroxylation is 2. The minimum Gasteiger partial charge on any atom is -0.450 e. The van der Waals surface area contributed by atoms with Crippen LogP contribution in [0, 0.1) is 13.8 Å². The van der Waals surface area contributed by atoms with Crippen LogP contribution < -0.4 is 4.90 Å². The van der Waals surface area contributed by atoms with Crippen molar-refractivity contribution in [2.45, 2.75) is 27.7 Å². The molecule has 0 unspecified atom stereocenters. The van der Waals surface area contributed by atoms with Gasteiger partial charge in [-0.3, -0.25) is 9.59 Å². The van der Waals surface area contributed by atoms with Crippen LogP contribution in [0.3, 0.4) is 0 Å². The lowest BCUT2D eigenvalue weighted by atomic mass is 10.1. The standard InChI is InChI=1S/C19H26ClN3O4/c1-5-27-19(26)22-8-6-21(7-9-22)17(25)12-23(15(4)24)18-14(3)10-13(2)11-16(18)20/h10-11H,5-9,12H2,1-4H3. The largest absolute Gasteiger partial charge is 0.450 e. The summed E-state index contributed by atoms with van der Waals surface area (Å²) in [6.07, 6.45) is -0.364. The number of hydrogen-bond donors (Lipinski definition) is 0. The predicted molar refractivity (Wildman–Crippen MR) is 104 cm³/mol. The molecule has 0 radical (unpaired) electrons. The summed E-state index contributed by atoms with van der Waals surface area (Å²) in [6.45, 7) is 8.84. The van der Waals surface area contributed by atoms with Crippen LogP contribution in [-0.4, -0.2) is 67.0 Å². The average Bonchev–Trinajstić information content (AvgIpc) is 2.60. The lowest BCUT2D eigenvalue weighted by molar-refractivity contribution is -0.132. The molecule has 0 spiro atoms. The average molecular weight is 396 g/mol. The third-order valence-electron chi connectivity index (χ3n) is 4.50. The third-order valence-corrected chi connectivity index (χ3v) is 4.79. The quantitative estimate of drug-likeness (QED) is 0.785. The minimum absolute atomic E-state index is 0.0850. The molecule has 1 heterocycles. The summed E-state index contributed by atoms with van der Waals surface area (Å²) in [5, 5.41) is 0.447. The Labute approximate surface area is 164 Å². The number of rotatable bonds is 4. The lowest BCUT2D eigenvalue weighted by Crippen LogP contribution is -2.53. The van der Waals surface area contributed by atoms with Crippen molar-refractivity contribution >= 4 is 35.2 Å². The van der Waals surface area contributed by atoms with E-state index in [9.17, 15) is 14.4 Å². The number of ether oxygens (including phenoxy) is 1. The van der Waals surface area contributed by atoms with Crippen molar-refractivity contribution in [3.8, 4) is 0 Å². The van der Waals surface area contributed by atoms with E-state index in [1.54, 1.807) is 22.8 Å². The molecule has 0 saturated carbocycles. The number of halogens is 1. The fourth-order valence-electron chi connectivity index (χ4n) is 3.19. The second-order valence-corrected chi connectivity index (χ2v) is 6.99. The number of hydrogen-bond acceptors (Lipinski definition) is 4. The Morgan fingerprint density at radius 1 is 1.11 bits per heavy atom. The zero-order valence-electron chi connectivity index (χ0n) is 16.2. The highest BCUT2D eigenvalue weighted by atomic mass is 35.5. The van der Waals surface area contributed by atoms with E-state index in [2.05, 4.69) is 0 Å². The van der Waals surface area contributed by atoms with Crippen molar-refractivity contribution in [2.24, 2.45) is 0 Å². The van der Waals surface area contributed by atoms with Gasteiger partial charge < -0.3 is 19.4 Å². The van der Waals surface area contributed by atoms with Gasteiger partial charge in [-0.15, -0.1) is 0 Å². The summed E-state index contributed by atoms with van der Waals surface area (Å²) >= 11 is 6.35. The highest BCUT2D eigenvalue weighted by molar-refractivity contribution is 6.34. The van der Waals surface area contributed by atoms with Crippen LogP contribution >= 0.6 is 11.6 Å². The molecule has 3 amide bonds. The number of benzene rings is 1. The van der Waals surface area contributed by atoms with Gasteiger partial charge in [0, 0.05) is 33.1 Å². The number of piperazine rings is 1. The van der Waals surface area contributed by atoms with E-state index in [0.717, 1.165) is 11.1 Å². The fraction of sp³-hybridized carbons (Fsp3) is 0.526. The van der Waals surface area contributed by atoms with Crippen LogP contribution in [0.15, 0.2) is 12.1 Å². The van der Waals surface area contributed by atoms with Gasteiger partial charge in [0.25, 0.3) is 0 Å². The van der Waals surface area contributed by atoms with Crippen molar-refractivity contribution in [1.29, 1.82) is 0 Å². The Bertz CT molecular complexity index is 707. The molecular weight excluding hydrogens is 370 g/mol. The van der Waals surface area contributed by atoms with Crippen LogP contribution in [0.4, 0.5) is 10.5 Å². The van der Waals surface area contributed by atoms with E-state index in [4.69, 9.17) is 16.3 Å². The van der Waals surface area contributed by atoms with Crippen LogP contribution in [0.2, 0.25) is 5.02 Å². The van der Waals surface area contributed by atoms with Gasteiger partial charge in [0.2, 0.25) is 11.8 Å². The molecule has 1 saturated heterocycles. The van der Waals surface area contributed by atoms with Crippen LogP contribution in [0.1, 0.15) is 25.0 Å². The number of amides is 3. The van der Waals surface area contributed by atoms with Crippen molar-refractivity contribution in [1.82, 2.24) is 9.80 Å². The van der Waals surface area contributed by atoms with Gasteiger partial charge in [0.15, 0.2) is 0 Å².